The maximum atomic E-state index is 14.8. The Kier molecular flexibility index (Phi) is 20.9. The monoisotopic (exact) mass is 949 g/mol. The number of rotatable bonds is 26. The van der Waals surface area contributed by atoms with Crippen LogP contribution in [0.3, 0.4) is 0 Å². The lowest BCUT2D eigenvalue weighted by Crippen LogP contribution is -2.59. The number of aliphatic hydroxyl groups is 1. The van der Waals surface area contributed by atoms with Crippen LogP contribution in [0.1, 0.15) is 65.0 Å². The molecule has 16 nitrogen and oxygen atoms in total. The number of amides is 4. The topological polar surface area (TPSA) is 219 Å². The lowest BCUT2D eigenvalue weighted by molar-refractivity contribution is -0.143. The van der Waals surface area contributed by atoms with Gasteiger partial charge in [-0.25, -0.2) is 4.39 Å². The summed E-state index contributed by atoms with van der Waals surface area (Å²) in [5, 5.41) is 22.2. The van der Waals surface area contributed by atoms with Crippen LogP contribution >= 0.6 is 0 Å². The minimum Gasteiger partial charge on any atom is -0.481 e. The fraction of sp³-hybridized carbons (Fsp3) is 0.490. The van der Waals surface area contributed by atoms with Gasteiger partial charge in [-0.1, -0.05) is 94.3 Å². The zero-order valence-corrected chi connectivity index (χ0v) is 39.6. The molecule has 5 atom stereocenters. The van der Waals surface area contributed by atoms with Crippen molar-refractivity contribution in [2.45, 2.75) is 101 Å². The average Bonchev–Trinajstić information content (AvgIpc) is 3.29. The third-order valence-corrected chi connectivity index (χ3v) is 12.2. The van der Waals surface area contributed by atoms with E-state index in [1.54, 1.807) is 44.2 Å². The highest BCUT2D eigenvalue weighted by Crippen LogP contribution is 2.24. The predicted molar refractivity (Wildman–Crippen MR) is 248 cm³/mol. The molecule has 1 heterocycles. The molecule has 18 heteroatoms. The molecule has 0 aromatic heterocycles. The first-order valence-corrected chi connectivity index (χ1v) is 23.8. The summed E-state index contributed by atoms with van der Waals surface area (Å²) in [5.74, 6) is -2.84. The molecule has 0 bridgehead atoms. The van der Waals surface area contributed by atoms with E-state index >= 15 is 0 Å². The number of ether oxygens (including phenoxy) is 2. The fourth-order valence-electron chi connectivity index (χ4n) is 7.46. The number of hydrogen-bond acceptors (Lipinski definition) is 12. The number of terminal acetylenes is 1. The quantitative estimate of drug-likeness (QED) is 0.0580. The van der Waals surface area contributed by atoms with Crippen LogP contribution in [0.25, 0.3) is 0 Å². The van der Waals surface area contributed by atoms with Gasteiger partial charge in [0.25, 0.3) is 10.1 Å². The number of hydrogen-bond donors (Lipinski definition) is 5. The van der Waals surface area contributed by atoms with Crippen LogP contribution in [0.5, 0.6) is 5.75 Å². The van der Waals surface area contributed by atoms with E-state index in [1.165, 1.54) is 0 Å². The first-order valence-electron chi connectivity index (χ1n) is 22.4. The van der Waals surface area contributed by atoms with Crippen molar-refractivity contribution in [3.63, 3.8) is 0 Å². The molecule has 4 amide bonds. The van der Waals surface area contributed by atoms with Crippen molar-refractivity contribution in [1.29, 1.82) is 0 Å². The maximum absolute atomic E-state index is 14.8. The van der Waals surface area contributed by atoms with Crippen LogP contribution < -0.4 is 26.0 Å². The SMILES string of the molecule is C#CCOc1ccc(S(=O)(=O)OCC(C)(O)C(=O)[C@H](CC(C)C)NC(=O)[C@H](Cc2ccccc2)NC(=O)[C@H](CC(C)C)NC(=O)CNC(=O)C(CCc2ccccc2)N2CCOCC2)c(F)c1. The summed E-state index contributed by atoms with van der Waals surface area (Å²) < 4.78 is 56.5. The molecule has 3 aromatic rings. The van der Waals surface area contributed by atoms with E-state index in [2.05, 4.69) is 27.2 Å². The van der Waals surface area contributed by atoms with Crippen LogP contribution in [0.15, 0.2) is 83.8 Å². The summed E-state index contributed by atoms with van der Waals surface area (Å²) in [6, 6.07) is 17.0. The standard InChI is InChI=1S/C49H64FN5O11S/c1-7-24-65-37-19-21-43(38(50)30-37)67(62,63)66-32-49(6,61)45(57)39(27-33(2)3)53-47(59)41(29-36-16-12-9-13-17-36)54-46(58)40(28-34(4)5)52-44(56)31-51-48(60)42(55-22-25-64-26-23-55)20-18-35-14-10-8-11-15-35/h1,8-17,19,21,30,33-34,39-42,61H,18,20,22-29,31-32H2,2-6H3,(H,51,60)(H,52,56)(H,53,59)(H,54,58)/t39-,40-,41-,42?,49?/m0/s1. The summed E-state index contributed by atoms with van der Waals surface area (Å²) in [5.41, 5.74) is -0.792. The Labute approximate surface area is 393 Å². The third-order valence-electron chi connectivity index (χ3n) is 10.9. The van der Waals surface area contributed by atoms with Crippen LogP contribution in [0.4, 0.5) is 4.39 Å². The van der Waals surface area contributed by atoms with Crippen LogP contribution in [-0.4, -0.2) is 124 Å². The lowest BCUT2D eigenvalue weighted by Gasteiger charge is -2.33. The van der Waals surface area contributed by atoms with Gasteiger partial charge in [0, 0.05) is 25.6 Å². The summed E-state index contributed by atoms with van der Waals surface area (Å²) in [4.78, 5) is 70.5. The minimum atomic E-state index is -4.86. The Bertz CT molecular complexity index is 2270. The molecule has 1 fully saturated rings. The van der Waals surface area contributed by atoms with E-state index in [-0.39, 0.29) is 49.4 Å². The Balaban J connectivity index is 1.47. The van der Waals surface area contributed by atoms with Crippen LogP contribution in [0, 0.1) is 30.0 Å². The van der Waals surface area contributed by atoms with Gasteiger partial charge < -0.3 is 35.8 Å². The average molecular weight is 950 g/mol. The number of carbonyl (C=O) groups is 5. The van der Waals surface area contributed by atoms with Gasteiger partial charge in [0.05, 0.1) is 31.8 Å². The summed E-state index contributed by atoms with van der Waals surface area (Å²) in [6.07, 6.45) is 6.43. The molecule has 0 spiro atoms. The highest BCUT2D eigenvalue weighted by atomic mass is 32.2. The number of Topliss-reactive ketones (excluding diaryl/α,β-unsaturated/α-hetero) is 1. The van der Waals surface area contributed by atoms with Crippen LogP contribution in [-0.2, 0) is 55.9 Å². The van der Waals surface area contributed by atoms with E-state index in [0.717, 1.165) is 30.7 Å². The second-order valence-electron chi connectivity index (χ2n) is 17.5. The number of nitrogens with one attached hydrogen (secondary N) is 4. The molecular weight excluding hydrogens is 886 g/mol. The first-order chi connectivity index (χ1) is 31.8. The number of benzene rings is 3. The summed E-state index contributed by atoms with van der Waals surface area (Å²) in [6.45, 7) is 8.60. The van der Waals surface area contributed by atoms with Crippen molar-refractivity contribution in [3.05, 3.63) is 95.8 Å². The Morgan fingerprint density at radius 1 is 0.836 bits per heavy atom. The van der Waals surface area contributed by atoms with E-state index in [9.17, 15) is 41.9 Å². The van der Waals surface area contributed by atoms with E-state index in [0.29, 0.717) is 44.7 Å². The van der Waals surface area contributed by atoms with Gasteiger partial charge in [-0.15, -0.1) is 6.42 Å². The number of aryl methyl sites for hydroxylation is 1. The van der Waals surface area contributed by atoms with Gasteiger partial charge in [0.2, 0.25) is 23.6 Å². The van der Waals surface area contributed by atoms with E-state index in [4.69, 9.17) is 20.1 Å². The van der Waals surface area contributed by atoms with Crippen molar-refractivity contribution < 1.29 is 55.5 Å². The molecule has 5 N–H and O–H groups in total. The predicted octanol–water partition coefficient (Wildman–Crippen LogP) is 3.10. The molecule has 364 valence electrons. The van der Waals surface area contributed by atoms with Crippen molar-refractivity contribution >= 4 is 39.5 Å². The number of ketones is 1. The Morgan fingerprint density at radius 2 is 1.42 bits per heavy atom. The van der Waals surface area contributed by atoms with Gasteiger partial charge in [0.1, 0.15) is 47.4 Å². The van der Waals surface area contributed by atoms with Gasteiger partial charge >= 0.3 is 0 Å². The molecule has 0 saturated carbocycles. The zero-order valence-electron chi connectivity index (χ0n) is 38.8. The maximum Gasteiger partial charge on any atom is 0.300 e. The number of carbonyl (C=O) groups excluding carboxylic acids is 5. The second-order valence-corrected chi connectivity index (χ2v) is 19.1. The number of halogens is 1. The second kappa shape index (κ2) is 26.0. The van der Waals surface area contributed by atoms with E-state index in [1.807, 2.05) is 49.1 Å². The van der Waals surface area contributed by atoms with Crippen LogP contribution in [0.2, 0.25) is 0 Å². The number of nitrogens with zero attached hydrogens (tertiary/aromatic N) is 1. The molecule has 1 saturated heterocycles. The Hall–Kier alpha value is -5.71. The van der Waals surface area contributed by atoms with Gasteiger partial charge in [0.15, 0.2) is 5.78 Å². The molecule has 1 aliphatic heterocycles. The highest BCUT2D eigenvalue weighted by Gasteiger charge is 2.40. The summed E-state index contributed by atoms with van der Waals surface area (Å²) >= 11 is 0. The molecule has 3 aromatic carbocycles. The molecule has 67 heavy (non-hydrogen) atoms. The van der Waals surface area contributed by atoms with E-state index < -0.39 is 87.3 Å². The Morgan fingerprint density at radius 3 is 2.01 bits per heavy atom. The lowest BCUT2D eigenvalue weighted by atomic mass is 9.90. The van der Waals surface area contributed by atoms with Crippen molar-refractivity contribution in [3.8, 4) is 18.1 Å². The summed E-state index contributed by atoms with van der Waals surface area (Å²) in [7, 11) is -4.86. The van der Waals surface area contributed by atoms with Gasteiger partial charge in [-0.2, -0.15) is 8.42 Å². The third kappa shape index (κ3) is 17.5. The molecule has 1 aliphatic rings. The fourth-order valence-corrected chi connectivity index (χ4v) is 8.50. The van der Waals surface area contributed by atoms with Crippen molar-refractivity contribution in [2.24, 2.45) is 11.8 Å². The normalized spacial score (nSPS) is 15.8. The van der Waals surface area contributed by atoms with Crippen molar-refractivity contribution in [1.82, 2.24) is 26.2 Å². The van der Waals surface area contributed by atoms with Gasteiger partial charge in [-0.05, 0) is 67.7 Å². The largest absolute Gasteiger partial charge is 0.481 e. The first kappa shape index (κ1) is 53.9. The highest BCUT2D eigenvalue weighted by molar-refractivity contribution is 7.86. The molecule has 2 unspecified atom stereocenters. The minimum absolute atomic E-state index is 0.0103. The molecule has 0 radical (unpaired) electrons. The smallest absolute Gasteiger partial charge is 0.300 e. The molecule has 4 rings (SSSR count). The molecule has 0 aliphatic carbocycles. The number of morpholine rings is 1. The van der Waals surface area contributed by atoms with Crippen molar-refractivity contribution in [2.75, 3.05) is 46.1 Å². The molecular formula is C49H64FN5O11S. The van der Waals surface area contributed by atoms with Gasteiger partial charge in [-0.3, -0.25) is 33.1 Å². The zero-order chi connectivity index (χ0) is 49.1.